The summed E-state index contributed by atoms with van der Waals surface area (Å²) < 4.78 is 1.48. The number of nitrogens with zero attached hydrogens (tertiary/aromatic N) is 6. The zero-order chi connectivity index (χ0) is 22.1. The summed E-state index contributed by atoms with van der Waals surface area (Å²) in [5.41, 5.74) is 0.866. The molecule has 1 atom stereocenters. The van der Waals surface area contributed by atoms with E-state index in [1.54, 1.807) is 0 Å². The van der Waals surface area contributed by atoms with Crippen molar-refractivity contribution in [2.24, 2.45) is 5.10 Å². The van der Waals surface area contributed by atoms with Crippen LogP contribution in [0.3, 0.4) is 0 Å². The monoisotopic (exact) mass is 495 g/mol. The fourth-order valence-electron chi connectivity index (χ4n) is 2.80. The second kappa shape index (κ2) is 8.83. The highest BCUT2D eigenvalue weighted by molar-refractivity contribution is 8.01. The Bertz CT molecular complexity index is 1180. The molecule has 0 aliphatic carbocycles. The number of carbonyl (C=O) groups is 2. The van der Waals surface area contributed by atoms with Crippen LogP contribution in [0.2, 0.25) is 15.1 Å². The van der Waals surface area contributed by atoms with Crippen LogP contribution in [0.4, 0.5) is 5.69 Å². The molecule has 4 rings (SSSR count). The van der Waals surface area contributed by atoms with Crippen molar-refractivity contribution in [3.63, 3.8) is 0 Å². The fourth-order valence-corrected chi connectivity index (χ4v) is 4.73. The maximum atomic E-state index is 13.3. The van der Waals surface area contributed by atoms with Crippen molar-refractivity contribution in [2.45, 2.75) is 17.3 Å². The number of carbonyl (C=O) groups excluding carboxylic acids is 2. The summed E-state index contributed by atoms with van der Waals surface area (Å²) in [5, 5.41) is 19.5. The van der Waals surface area contributed by atoms with Gasteiger partial charge in [0.05, 0.1) is 15.7 Å². The molecule has 9 nitrogen and oxygen atoms in total. The third kappa shape index (κ3) is 4.38. The molecule has 1 unspecified atom stereocenters. The number of nitrogens with one attached hydrogen (secondary N) is 1. The van der Waals surface area contributed by atoms with Crippen LogP contribution in [0.25, 0.3) is 5.69 Å². The molecule has 2 aromatic carbocycles. The Kier molecular flexibility index (Phi) is 6.15. The first-order chi connectivity index (χ1) is 14.8. The summed E-state index contributed by atoms with van der Waals surface area (Å²) >= 11 is 19.5. The number of para-hydroxylation sites is 1. The number of thioether (sulfide) groups is 1. The normalized spacial score (nSPS) is 15.9. The minimum Gasteiger partial charge on any atom is -0.312 e. The van der Waals surface area contributed by atoms with Crippen molar-refractivity contribution >= 4 is 69.9 Å². The molecule has 1 N–H and O–H groups in total. The molecule has 31 heavy (non-hydrogen) atoms. The smallest absolute Gasteiger partial charge is 0.268 e. The van der Waals surface area contributed by atoms with E-state index in [4.69, 9.17) is 34.8 Å². The van der Waals surface area contributed by atoms with Gasteiger partial charge in [-0.2, -0.15) is 9.69 Å². The summed E-state index contributed by atoms with van der Waals surface area (Å²) in [6.45, 7) is 1.31. The molecule has 1 aromatic heterocycles. The van der Waals surface area contributed by atoms with Crippen molar-refractivity contribution < 1.29 is 9.59 Å². The maximum Gasteiger partial charge on any atom is 0.268 e. The number of amidine groups is 1. The summed E-state index contributed by atoms with van der Waals surface area (Å²) in [6, 6.07) is 12.1. The predicted octanol–water partition coefficient (Wildman–Crippen LogP) is 3.58. The Morgan fingerprint density at radius 1 is 1.13 bits per heavy atom. The standard InChI is InChI=1S/C18H12Cl3N7O2S/c1-9(29)22-16-15(31-18-23-25-26-27(18)11-5-3-2-4-6-11)17(30)28(24-16)14-12(20)7-10(19)8-13(14)21/h2-8,15H,1H3,(H,22,24,29). The van der Waals surface area contributed by atoms with Crippen LogP contribution in [-0.2, 0) is 9.59 Å². The minimum absolute atomic E-state index is 0.104. The Labute approximate surface area is 195 Å². The quantitative estimate of drug-likeness (QED) is 0.592. The van der Waals surface area contributed by atoms with Crippen molar-refractivity contribution in [2.75, 3.05) is 5.01 Å². The van der Waals surface area contributed by atoms with Crippen LogP contribution in [0.1, 0.15) is 6.92 Å². The van der Waals surface area contributed by atoms with E-state index in [1.165, 1.54) is 23.7 Å². The molecule has 0 radical (unpaired) electrons. The lowest BCUT2D eigenvalue weighted by molar-refractivity contribution is -0.117. The Balaban J connectivity index is 1.71. The molecule has 0 bridgehead atoms. The lowest BCUT2D eigenvalue weighted by atomic mass is 10.3. The van der Waals surface area contributed by atoms with Gasteiger partial charge in [-0.3, -0.25) is 9.59 Å². The topological polar surface area (TPSA) is 105 Å². The zero-order valence-electron chi connectivity index (χ0n) is 15.7. The average Bonchev–Trinajstić information content (AvgIpc) is 3.28. The number of hydrogen-bond donors (Lipinski definition) is 1. The van der Waals surface area contributed by atoms with E-state index in [-0.39, 0.29) is 21.6 Å². The van der Waals surface area contributed by atoms with Crippen molar-refractivity contribution in [3.8, 4) is 5.69 Å². The SMILES string of the molecule is CC(=O)NC1=NN(c2c(Cl)cc(Cl)cc2Cl)C(=O)C1Sc1nnnn1-c1ccccc1. The largest absolute Gasteiger partial charge is 0.312 e. The van der Waals surface area contributed by atoms with E-state index in [0.29, 0.717) is 15.9 Å². The number of tetrazole rings is 1. The third-order valence-corrected chi connectivity index (χ3v) is 5.97. The minimum atomic E-state index is -0.944. The van der Waals surface area contributed by atoms with Gasteiger partial charge < -0.3 is 5.32 Å². The second-order valence-electron chi connectivity index (χ2n) is 6.24. The van der Waals surface area contributed by atoms with E-state index in [1.807, 2.05) is 30.3 Å². The highest BCUT2D eigenvalue weighted by Gasteiger charge is 2.41. The lowest BCUT2D eigenvalue weighted by Crippen LogP contribution is -2.38. The van der Waals surface area contributed by atoms with Gasteiger partial charge in [0, 0.05) is 11.9 Å². The van der Waals surface area contributed by atoms with Crippen molar-refractivity contribution in [1.29, 1.82) is 0 Å². The summed E-state index contributed by atoms with van der Waals surface area (Å²) in [4.78, 5) is 25.0. The lowest BCUT2D eigenvalue weighted by Gasteiger charge is -2.16. The number of amides is 2. The highest BCUT2D eigenvalue weighted by atomic mass is 35.5. The molecule has 13 heteroatoms. The number of aromatic nitrogens is 4. The van der Waals surface area contributed by atoms with E-state index < -0.39 is 17.1 Å². The third-order valence-electron chi connectivity index (χ3n) is 4.05. The van der Waals surface area contributed by atoms with Gasteiger partial charge in [-0.15, -0.1) is 10.2 Å². The number of hydrazone groups is 1. The van der Waals surface area contributed by atoms with Crippen LogP contribution < -0.4 is 10.3 Å². The van der Waals surface area contributed by atoms with Gasteiger partial charge in [-0.1, -0.05) is 64.8 Å². The Hall–Kier alpha value is -2.66. The van der Waals surface area contributed by atoms with E-state index in [0.717, 1.165) is 16.8 Å². The molecule has 158 valence electrons. The molecule has 0 spiro atoms. The molecule has 2 amide bonds. The second-order valence-corrected chi connectivity index (χ2v) is 8.56. The molecule has 2 heterocycles. The fraction of sp³-hybridized carbons (Fsp3) is 0.111. The Morgan fingerprint density at radius 2 is 1.81 bits per heavy atom. The zero-order valence-corrected chi connectivity index (χ0v) is 18.7. The molecule has 0 fully saturated rings. The molecule has 1 aliphatic heterocycles. The average molecular weight is 497 g/mol. The van der Waals surface area contributed by atoms with Crippen LogP contribution in [0, 0.1) is 0 Å². The summed E-state index contributed by atoms with van der Waals surface area (Å²) in [5.74, 6) is -0.773. The first-order valence-electron chi connectivity index (χ1n) is 8.70. The van der Waals surface area contributed by atoms with Crippen LogP contribution in [-0.4, -0.2) is 43.1 Å². The van der Waals surface area contributed by atoms with Gasteiger partial charge in [-0.25, -0.2) is 0 Å². The van der Waals surface area contributed by atoms with Gasteiger partial charge in [0.15, 0.2) is 11.1 Å². The van der Waals surface area contributed by atoms with Crippen molar-refractivity contribution in [3.05, 3.63) is 57.5 Å². The summed E-state index contributed by atoms with van der Waals surface area (Å²) in [7, 11) is 0. The first kappa shape index (κ1) is 21.6. The Morgan fingerprint density at radius 3 is 2.45 bits per heavy atom. The van der Waals surface area contributed by atoms with Crippen LogP contribution in [0.5, 0.6) is 0 Å². The molecular weight excluding hydrogens is 485 g/mol. The summed E-state index contributed by atoms with van der Waals surface area (Å²) in [6.07, 6.45) is 0. The number of hydrogen-bond acceptors (Lipinski definition) is 7. The van der Waals surface area contributed by atoms with E-state index in [9.17, 15) is 9.59 Å². The molecule has 0 saturated carbocycles. The van der Waals surface area contributed by atoms with Gasteiger partial charge in [0.2, 0.25) is 11.1 Å². The molecule has 0 saturated heterocycles. The molecule has 1 aliphatic rings. The number of rotatable bonds is 4. The van der Waals surface area contributed by atoms with Gasteiger partial charge >= 0.3 is 0 Å². The van der Waals surface area contributed by atoms with Gasteiger partial charge in [0.1, 0.15) is 5.69 Å². The molecular formula is C18H12Cl3N7O2S. The van der Waals surface area contributed by atoms with Gasteiger partial charge in [0.25, 0.3) is 5.91 Å². The number of anilines is 1. The number of halogens is 3. The van der Waals surface area contributed by atoms with E-state index in [2.05, 4.69) is 25.9 Å². The van der Waals surface area contributed by atoms with Crippen LogP contribution >= 0.6 is 46.6 Å². The van der Waals surface area contributed by atoms with Crippen molar-refractivity contribution in [1.82, 2.24) is 25.5 Å². The molecule has 3 aromatic rings. The predicted molar refractivity (Wildman–Crippen MR) is 119 cm³/mol. The van der Waals surface area contributed by atoms with E-state index >= 15 is 0 Å². The first-order valence-corrected chi connectivity index (χ1v) is 10.7. The van der Waals surface area contributed by atoms with Gasteiger partial charge in [-0.05, 0) is 34.7 Å². The van der Waals surface area contributed by atoms with Crippen LogP contribution in [0.15, 0.2) is 52.7 Å². The maximum absolute atomic E-state index is 13.3. The number of benzene rings is 2. The highest BCUT2D eigenvalue weighted by Crippen LogP contribution is 2.40.